The van der Waals surface area contributed by atoms with Gasteiger partial charge in [-0.3, -0.25) is 4.79 Å². The molecule has 1 saturated heterocycles. The van der Waals surface area contributed by atoms with Gasteiger partial charge in [-0.25, -0.2) is 18.0 Å². The van der Waals surface area contributed by atoms with E-state index in [0.717, 1.165) is 22.9 Å². The Bertz CT molecular complexity index is 1310. The SMILES string of the molecule is Cc1c(F)c(N2CCC(N)C2)c(Cl)c2c1c(=O)c(C(=O)O)cn2-c1ccc(F)cc1F. The zero-order valence-electron chi connectivity index (χ0n) is 16.3. The number of carboxylic acids is 1. The highest BCUT2D eigenvalue weighted by molar-refractivity contribution is 6.38. The summed E-state index contributed by atoms with van der Waals surface area (Å²) in [5.74, 6) is -4.21. The predicted molar refractivity (Wildman–Crippen MR) is 111 cm³/mol. The number of halogens is 4. The van der Waals surface area contributed by atoms with Crippen LogP contribution in [0.3, 0.4) is 0 Å². The lowest BCUT2D eigenvalue weighted by molar-refractivity contribution is 0.0695. The predicted octanol–water partition coefficient (Wildman–Crippen LogP) is 3.61. The van der Waals surface area contributed by atoms with E-state index in [2.05, 4.69) is 0 Å². The summed E-state index contributed by atoms with van der Waals surface area (Å²) in [6, 6.07) is 2.48. The molecule has 0 radical (unpaired) electrons. The maximum Gasteiger partial charge on any atom is 0.341 e. The lowest BCUT2D eigenvalue weighted by Gasteiger charge is -2.24. The first kappa shape index (κ1) is 21.2. The molecule has 0 amide bonds. The Morgan fingerprint density at radius 3 is 2.58 bits per heavy atom. The Labute approximate surface area is 179 Å². The molecule has 2 aromatic carbocycles. The molecule has 0 bridgehead atoms. The number of nitrogens with two attached hydrogens (primary N) is 1. The quantitative estimate of drug-likeness (QED) is 0.635. The van der Waals surface area contributed by atoms with E-state index in [1.54, 1.807) is 4.90 Å². The molecule has 3 aromatic rings. The Kier molecular flexibility index (Phi) is 5.18. The van der Waals surface area contributed by atoms with Crippen LogP contribution in [0.4, 0.5) is 18.9 Å². The van der Waals surface area contributed by atoms with Crippen LogP contribution in [-0.2, 0) is 0 Å². The van der Waals surface area contributed by atoms with Crippen LogP contribution < -0.4 is 16.1 Å². The third kappa shape index (κ3) is 3.34. The van der Waals surface area contributed by atoms with E-state index in [1.807, 2.05) is 0 Å². The Hall–Kier alpha value is -3.04. The van der Waals surface area contributed by atoms with Crippen molar-refractivity contribution in [1.82, 2.24) is 4.57 Å². The van der Waals surface area contributed by atoms with E-state index in [0.29, 0.717) is 25.6 Å². The number of pyridine rings is 1. The summed E-state index contributed by atoms with van der Waals surface area (Å²) in [5, 5.41) is 9.00. The summed E-state index contributed by atoms with van der Waals surface area (Å²) in [4.78, 5) is 26.2. The van der Waals surface area contributed by atoms with Gasteiger partial charge in [-0.15, -0.1) is 0 Å². The van der Waals surface area contributed by atoms with Gasteiger partial charge in [-0.1, -0.05) is 11.6 Å². The zero-order valence-corrected chi connectivity index (χ0v) is 17.0. The smallest absolute Gasteiger partial charge is 0.341 e. The lowest BCUT2D eigenvalue weighted by Crippen LogP contribution is -2.28. The highest BCUT2D eigenvalue weighted by Crippen LogP contribution is 2.40. The number of nitrogens with zero attached hydrogens (tertiary/aromatic N) is 2. The van der Waals surface area contributed by atoms with Gasteiger partial charge >= 0.3 is 5.97 Å². The Morgan fingerprint density at radius 2 is 2.00 bits per heavy atom. The van der Waals surface area contributed by atoms with Crippen LogP contribution >= 0.6 is 11.6 Å². The standard InChI is InChI=1S/C21H17ClF3N3O3/c1-9-15-18(16(22)19(17(9)25)27-5-4-11(26)7-27)28(8-12(20(15)29)21(30)31)14-3-2-10(23)6-13(14)24/h2-3,6,8,11H,4-5,7,26H2,1H3,(H,30,31). The molecule has 1 unspecified atom stereocenters. The van der Waals surface area contributed by atoms with E-state index in [1.165, 1.54) is 6.92 Å². The van der Waals surface area contributed by atoms with Gasteiger partial charge in [0.15, 0.2) is 5.82 Å². The van der Waals surface area contributed by atoms with Gasteiger partial charge in [0, 0.05) is 37.0 Å². The molecule has 1 aromatic heterocycles. The fourth-order valence-electron chi connectivity index (χ4n) is 3.96. The first-order valence-electron chi connectivity index (χ1n) is 9.38. The molecule has 31 heavy (non-hydrogen) atoms. The van der Waals surface area contributed by atoms with Crippen molar-refractivity contribution in [2.24, 2.45) is 5.73 Å². The molecule has 1 aliphatic heterocycles. The molecular formula is C21H17ClF3N3O3. The normalized spacial score (nSPS) is 16.3. The van der Waals surface area contributed by atoms with Crippen molar-refractivity contribution in [2.45, 2.75) is 19.4 Å². The van der Waals surface area contributed by atoms with Crippen molar-refractivity contribution in [3.63, 3.8) is 0 Å². The van der Waals surface area contributed by atoms with Crippen molar-refractivity contribution in [1.29, 1.82) is 0 Å². The molecule has 1 aliphatic rings. The second-order valence-corrected chi connectivity index (χ2v) is 7.84. The first-order valence-corrected chi connectivity index (χ1v) is 9.75. The number of carbonyl (C=O) groups is 1. The van der Waals surface area contributed by atoms with Gasteiger partial charge in [0.05, 0.1) is 27.3 Å². The largest absolute Gasteiger partial charge is 0.477 e. The van der Waals surface area contributed by atoms with E-state index < -0.39 is 34.4 Å². The lowest BCUT2D eigenvalue weighted by atomic mass is 10.0. The van der Waals surface area contributed by atoms with Gasteiger partial charge in [0.25, 0.3) is 0 Å². The van der Waals surface area contributed by atoms with Gasteiger partial charge in [0.1, 0.15) is 17.2 Å². The molecule has 10 heteroatoms. The third-order valence-corrected chi connectivity index (χ3v) is 5.83. The summed E-state index contributed by atoms with van der Waals surface area (Å²) < 4.78 is 44.5. The van der Waals surface area contributed by atoms with Crippen LogP contribution in [0.25, 0.3) is 16.6 Å². The zero-order chi connectivity index (χ0) is 22.6. The summed E-state index contributed by atoms with van der Waals surface area (Å²) >= 11 is 6.56. The summed E-state index contributed by atoms with van der Waals surface area (Å²) in [6.45, 7) is 2.07. The molecule has 0 spiro atoms. The van der Waals surface area contributed by atoms with Crippen LogP contribution in [0.15, 0.2) is 29.2 Å². The van der Waals surface area contributed by atoms with E-state index in [9.17, 15) is 23.5 Å². The molecule has 3 N–H and O–H groups in total. The number of aromatic carboxylic acids is 1. The fourth-order valence-corrected chi connectivity index (χ4v) is 4.35. The monoisotopic (exact) mass is 451 g/mol. The number of rotatable bonds is 3. The van der Waals surface area contributed by atoms with Crippen LogP contribution in [0.2, 0.25) is 5.02 Å². The number of hydrogen-bond acceptors (Lipinski definition) is 4. The van der Waals surface area contributed by atoms with Crippen LogP contribution in [-0.4, -0.2) is 34.8 Å². The summed E-state index contributed by atoms with van der Waals surface area (Å²) in [7, 11) is 0. The van der Waals surface area contributed by atoms with Gasteiger partial charge in [-0.2, -0.15) is 0 Å². The van der Waals surface area contributed by atoms with Crippen molar-refractivity contribution < 1.29 is 23.1 Å². The van der Waals surface area contributed by atoms with E-state index in [4.69, 9.17) is 17.3 Å². The van der Waals surface area contributed by atoms with Gasteiger partial charge < -0.3 is 20.3 Å². The van der Waals surface area contributed by atoms with Crippen LogP contribution in [0, 0.1) is 24.4 Å². The molecule has 1 atom stereocenters. The van der Waals surface area contributed by atoms with Crippen molar-refractivity contribution >= 4 is 34.2 Å². The molecule has 2 heterocycles. The molecule has 1 fully saturated rings. The van der Waals surface area contributed by atoms with Crippen LogP contribution in [0.1, 0.15) is 22.3 Å². The second kappa shape index (κ2) is 7.58. The topological polar surface area (TPSA) is 88.6 Å². The fraction of sp³-hybridized carbons (Fsp3) is 0.238. The minimum atomic E-state index is -1.58. The second-order valence-electron chi connectivity index (χ2n) is 7.46. The highest BCUT2D eigenvalue weighted by Gasteiger charge is 2.30. The molecule has 6 nitrogen and oxygen atoms in total. The van der Waals surface area contributed by atoms with Crippen molar-refractivity contribution in [3.05, 3.63) is 68.2 Å². The summed E-state index contributed by atoms with van der Waals surface area (Å²) in [5.41, 5.74) is 3.83. The highest BCUT2D eigenvalue weighted by atomic mass is 35.5. The number of aryl methyl sites for hydroxylation is 1. The minimum Gasteiger partial charge on any atom is -0.477 e. The average molecular weight is 452 g/mol. The Morgan fingerprint density at radius 1 is 1.29 bits per heavy atom. The first-order chi connectivity index (χ1) is 14.6. The van der Waals surface area contributed by atoms with Crippen molar-refractivity contribution in [3.8, 4) is 5.69 Å². The van der Waals surface area contributed by atoms with Gasteiger partial charge in [-0.05, 0) is 25.5 Å². The maximum atomic E-state index is 15.4. The molecule has 4 rings (SSSR count). The maximum absolute atomic E-state index is 15.4. The van der Waals surface area contributed by atoms with Crippen LogP contribution in [0.5, 0.6) is 0 Å². The minimum absolute atomic E-state index is 0.00152. The molecule has 0 aliphatic carbocycles. The number of carboxylic acid groups (broad SMARTS) is 1. The van der Waals surface area contributed by atoms with Crippen molar-refractivity contribution in [2.75, 3.05) is 18.0 Å². The van der Waals surface area contributed by atoms with Gasteiger partial charge in [0.2, 0.25) is 5.43 Å². The van der Waals surface area contributed by atoms with E-state index >= 15 is 4.39 Å². The summed E-state index contributed by atoms with van der Waals surface area (Å²) in [6.07, 6.45) is 1.51. The number of aromatic nitrogens is 1. The number of hydrogen-bond donors (Lipinski definition) is 2. The third-order valence-electron chi connectivity index (χ3n) is 5.48. The van der Waals surface area contributed by atoms with E-state index in [-0.39, 0.29) is 38.9 Å². The average Bonchev–Trinajstić information content (AvgIpc) is 3.12. The number of benzene rings is 2. The number of anilines is 1. The number of fused-ring (bicyclic) bond motifs is 1. The Balaban J connectivity index is 2.18. The molecular weight excluding hydrogens is 435 g/mol. The molecule has 0 saturated carbocycles. The molecule has 162 valence electrons.